The van der Waals surface area contributed by atoms with Gasteiger partial charge in [0.2, 0.25) is 0 Å². The van der Waals surface area contributed by atoms with Gasteiger partial charge in [0.05, 0.1) is 5.69 Å². The van der Waals surface area contributed by atoms with E-state index in [0.29, 0.717) is 5.02 Å². The Labute approximate surface area is 143 Å². The van der Waals surface area contributed by atoms with Crippen molar-refractivity contribution >= 4 is 28.4 Å². The van der Waals surface area contributed by atoms with Gasteiger partial charge in [0.1, 0.15) is 17.1 Å². The molecule has 24 heavy (non-hydrogen) atoms. The van der Waals surface area contributed by atoms with E-state index >= 15 is 0 Å². The SMILES string of the molecule is Clc1cccc(-n2nc(-c3cc4ccccc4o3)c3c2NCC3)c1. The van der Waals surface area contributed by atoms with Crippen molar-refractivity contribution in [3.8, 4) is 17.1 Å². The number of fused-ring (bicyclic) bond motifs is 2. The van der Waals surface area contributed by atoms with Crippen LogP contribution in [-0.4, -0.2) is 16.3 Å². The van der Waals surface area contributed by atoms with Gasteiger partial charge in [-0.3, -0.25) is 0 Å². The molecule has 0 saturated carbocycles. The number of nitrogens with one attached hydrogen (secondary N) is 1. The number of anilines is 1. The highest BCUT2D eigenvalue weighted by atomic mass is 35.5. The molecule has 0 fully saturated rings. The molecule has 1 aliphatic rings. The summed E-state index contributed by atoms with van der Waals surface area (Å²) in [7, 11) is 0. The first-order valence-corrected chi connectivity index (χ1v) is 8.28. The van der Waals surface area contributed by atoms with Gasteiger partial charge in [0, 0.05) is 22.5 Å². The Balaban J connectivity index is 1.71. The van der Waals surface area contributed by atoms with E-state index in [1.165, 1.54) is 5.56 Å². The van der Waals surface area contributed by atoms with Crippen molar-refractivity contribution in [1.29, 1.82) is 0 Å². The summed E-state index contributed by atoms with van der Waals surface area (Å²) in [6.07, 6.45) is 0.933. The lowest BCUT2D eigenvalue weighted by molar-refractivity contribution is 0.626. The molecular formula is C19H14ClN3O. The second kappa shape index (κ2) is 5.14. The highest BCUT2D eigenvalue weighted by molar-refractivity contribution is 6.30. The summed E-state index contributed by atoms with van der Waals surface area (Å²) < 4.78 is 7.94. The molecule has 118 valence electrons. The third-order valence-corrected chi connectivity index (χ3v) is 4.60. The van der Waals surface area contributed by atoms with Crippen LogP contribution in [0.2, 0.25) is 5.02 Å². The molecular weight excluding hydrogens is 322 g/mol. The quantitative estimate of drug-likeness (QED) is 0.566. The molecule has 1 aliphatic heterocycles. The van der Waals surface area contributed by atoms with E-state index in [1.54, 1.807) is 0 Å². The Morgan fingerprint density at radius 3 is 2.88 bits per heavy atom. The zero-order valence-electron chi connectivity index (χ0n) is 12.8. The van der Waals surface area contributed by atoms with Crippen LogP contribution in [0.5, 0.6) is 0 Å². The van der Waals surface area contributed by atoms with Crippen molar-refractivity contribution < 1.29 is 4.42 Å². The van der Waals surface area contributed by atoms with Crippen molar-refractivity contribution in [2.24, 2.45) is 0 Å². The lowest BCUT2D eigenvalue weighted by Gasteiger charge is -2.06. The third kappa shape index (κ3) is 2.03. The number of nitrogens with zero attached hydrogens (tertiary/aromatic N) is 2. The molecule has 0 amide bonds. The van der Waals surface area contributed by atoms with Crippen LogP contribution in [0, 0.1) is 0 Å². The molecule has 5 rings (SSSR count). The van der Waals surface area contributed by atoms with E-state index in [1.807, 2.05) is 47.1 Å². The van der Waals surface area contributed by atoms with E-state index in [2.05, 4.69) is 17.4 Å². The minimum absolute atomic E-state index is 0.694. The Bertz CT molecular complexity index is 1030. The summed E-state index contributed by atoms with van der Waals surface area (Å²) in [6.45, 7) is 0.904. The predicted octanol–water partition coefficient (Wildman–Crippen LogP) is 4.91. The summed E-state index contributed by atoms with van der Waals surface area (Å²) >= 11 is 6.14. The fourth-order valence-electron chi connectivity index (χ4n) is 3.27. The number of hydrogen-bond donors (Lipinski definition) is 1. The van der Waals surface area contributed by atoms with Crippen LogP contribution in [0.1, 0.15) is 5.56 Å². The minimum atomic E-state index is 0.694. The van der Waals surface area contributed by atoms with Crippen LogP contribution < -0.4 is 5.32 Å². The van der Waals surface area contributed by atoms with Gasteiger partial charge in [-0.1, -0.05) is 35.9 Å². The average molecular weight is 336 g/mol. The maximum Gasteiger partial charge on any atom is 0.156 e. The van der Waals surface area contributed by atoms with Crippen molar-refractivity contribution in [2.75, 3.05) is 11.9 Å². The average Bonchev–Trinajstić information content (AvgIpc) is 3.28. The summed E-state index contributed by atoms with van der Waals surface area (Å²) in [6, 6.07) is 17.8. The van der Waals surface area contributed by atoms with Crippen molar-refractivity contribution in [2.45, 2.75) is 6.42 Å². The van der Waals surface area contributed by atoms with Gasteiger partial charge < -0.3 is 9.73 Å². The monoisotopic (exact) mass is 335 g/mol. The number of furan rings is 1. The van der Waals surface area contributed by atoms with Gasteiger partial charge in [-0.05, 0) is 36.8 Å². The van der Waals surface area contributed by atoms with Crippen molar-refractivity contribution in [3.05, 3.63) is 65.2 Å². The molecule has 0 unspecified atom stereocenters. The van der Waals surface area contributed by atoms with E-state index in [-0.39, 0.29) is 0 Å². The molecule has 0 bridgehead atoms. The standard InChI is InChI=1S/C19H14ClN3O/c20-13-5-3-6-14(11-13)23-19-15(8-9-21-19)18(22-23)17-10-12-4-1-2-7-16(12)24-17/h1-7,10-11,21H,8-9H2. The first-order chi connectivity index (χ1) is 11.8. The number of para-hydroxylation sites is 1. The van der Waals surface area contributed by atoms with Gasteiger partial charge in [0.15, 0.2) is 5.76 Å². The molecule has 2 aromatic heterocycles. The molecule has 0 aliphatic carbocycles. The number of halogens is 1. The molecule has 5 heteroatoms. The van der Waals surface area contributed by atoms with Crippen LogP contribution >= 0.6 is 11.6 Å². The summed E-state index contributed by atoms with van der Waals surface area (Å²) in [5.41, 5.74) is 3.90. The van der Waals surface area contributed by atoms with Gasteiger partial charge >= 0.3 is 0 Å². The van der Waals surface area contributed by atoms with E-state index in [9.17, 15) is 0 Å². The lowest BCUT2D eigenvalue weighted by Crippen LogP contribution is -2.04. The van der Waals surface area contributed by atoms with Crippen molar-refractivity contribution in [3.63, 3.8) is 0 Å². The van der Waals surface area contributed by atoms with Gasteiger partial charge in [0.25, 0.3) is 0 Å². The second-order valence-electron chi connectivity index (χ2n) is 5.89. The van der Waals surface area contributed by atoms with Crippen LogP contribution in [0.15, 0.2) is 59.0 Å². The molecule has 1 N–H and O–H groups in total. The lowest BCUT2D eigenvalue weighted by atomic mass is 10.1. The minimum Gasteiger partial charge on any atom is -0.454 e. The maximum absolute atomic E-state index is 6.14. The summed E-state index contributed by atoms with van der Waals surface area (Å²) in [5, 5.41) is 10.0. The smallest absolute Gasteiger partial charge is 0.156 e. The zero-order valence-corrected chi connectivity index (χ0v) is 13.5. The predicted molar refractivity (Wildman–Crippen MR) is 96.0 cm³/mol. The van der Waals surface area contributed by atoms with E-state index in [4.69, 9.17) is 21.1 Å². The first-order valence-electron chi connectivity index (χ1n) is 7.90. The first kappa shape index (κ1) is 13.7. The topological polar surface area (TPSA) is 43.0 Å². The Kier molecular flexibility index (Phi) is 2.94. The molecule has 2 aromatic carbocycles. The van der Waals surface area contributed by atoms with Gasteiger partial charge in [-0.25, -0.2) is 4.68 Å². The molecule has 4 aromatic rings. The summed E-state index contributed by atoms with van der Waals surface area (Å²) in [5.74, 6) is 1.82. The summed E-state index contributed by atoms with van der Waals surface area (Å²) in [4.78, 5) is 0. The van der Waals surface area contributed by atoms with Gasteiger partial charge in [-0.15, -0.1) is 0 Å². The van der Waals surface area contributed by atoms with Crippen LogP contribution in [0.4, 0.5) is 5.82 Å². The van der Waals surface area contributed by atoms with Crippen LogP contribution in [0.25, 0.3) is 28.1 Å². The largest absolute Gasteiger partial charge is 0.454 e. The molecule has 3 heterocycles. The normalized spacial score (nSPS) is 13.2. The molecule has 0 radical (unpaired) electrons. The Hall–Kier alpha value is -2.72. The number of benzene rings is 2. The number of hydrogen-bond acceptors (Lipinski definition) is 3. The van der Waals surface area contributed by atoms with Crippen LogP contribution in [0.3, 0.4) is 0 Å². The Morgan fingerprint density at radius 1 is 1.08 bits per heavy atom. The highest BCUT2D eigenvalue weighted by Gasteiger charge is 2.25. The number of aromatic nitrogens is 2. The third-order valence-electron chi connectivity index (χ3n) is 4.36. The highest BCUT2D eigenvalue weighted by Crippen LogP contribution is 2.37. The maximum atomic E-state index is 6.14. The second-order valence-corrected chi connectivity index (χ2v) is 6.33. The van der Waals surface area contributed by atoms with Crippen molar-refractivity contribution in [1.82, 2.24) is 9.78 Å². The zero-order chi connectivity index (χ0) is 16.1. The van der Waals surface area contributed by atoms with Gasteiger partial charge in [-0.2, -0.15) is 5.10 Å². The van der Waals surface area contributed by atoms with E-state index < -0.39 is 0 Å². The van der Waals surface area contributed by atoms with E-state index in [0.717, 1.165) is 46.9 Å². The number of rotatable bonds is 2. The fourth-order valence-corrected chi connectivity index (χ4v) is 3.45. The molecule has 0 saturated heterocycles. The van der Waals surface area contributed by atoms with Crippen LogP contribution in [-0.2, 0) is 6.42 Å². The molecule has 0 atom stereocenters. The fraction of sp³-hybridized carbons (Fsp3) is 0.105. The Morgan fingerprint density at radius 2 is 2.00 bits per heavy atom. The molecule has 4 nitrogen and oxygen atoms in total. The molecule has 0 spiro atoms.